The van der Waals surface area contributed by atoms with E-state index in [1.165, 1.54) is 5.39 Å². The Hall–Kier alpha value is -3.06. The Kier molecular flexibility index (Phi) is 3.32. The largest absolute Gasteiger partial charge is 0.456 e. The molecular formula is C22H16O. The molecule has 23 heavy (non-hydrogen) atoms. The summed E-state index contributed by atoms with van der Waals surface area (Å²) >= 11 is 0. The standard InChI is InChI=1S/C22H16O/c1-2-16-7-3-4-8-17(16)13-14-20-15-19-12-11-18-9-5-6-10-21(18)22(19)23-20/h2-15H,1H2/b14-13+. The highest BCUT2D eigenvalue weighted by Crippen LogP contribution is 2.29. The van der Waals surface area contributed by atoms with Gasteiger partial charge in [0.15, 0.2) is 0 Å². The van der Waals surface area contributed by atoms with Crippen molar-refractivity contribution in [2.45, 2.75) is 0 Å². The van der Waals surface area contributed by atoms with Crippen molar-refractivity contribution in [1.82, 2.24) is 0 Å². The minimum atomic E-state index is 0.857. The van der Waals surface area contributed by atoms with Gasteiger partial charge in [0.25, 0.3) is 0 Å². The van der Waals surface area contributed by atoms with Crippen molar-refractivity contribution in [1.29, 1.82) is 0 Å². The van der Waals surface area contributed by atoms with Gasteiger partial charge in [0.1, 0.15) is 11.3 Å². The lowest BCUT2D eigenvalue weighted by Gasteiger charge is -1.98. The lowest BCUT2D eigenvalue weighted by Crippen LogP contribution is -1.77. The minimum absolute atomic E-state index is 0.857. The van der Waals surface area contributed by atoms with Crippen molar-refractivity contribution in [3.05, 3.63) is 90.2 Å². The molecule has 0 fully saturated rings. The summed E-state index contributed by atoms with van der Waals surface area (Å²) in [6.45, 7) is 3.86. The summed E-state index contributed by atoms with van der Waals surface area (Å²) in [5.74, 6) is 0.857. The Labute approximate surface area is 135 Å². The normalized spacial score (nSPS) is 11.5. The van der Waals surface area contributed by atoms with Gasteiger partial charge in [-0.1, -0.05) is 79.4 Å². The van der Waals surface area contributed by atoms with Crippen LogP contribution in [-0.2, 0) is 0 Å². The Bertz CT molecular complexity index is 1030. The average molecular weight is 296 g/mol. The molecule has 1 heteroatoms. The van der Waals surface area contributed by atoms with Crippen molar-refractivity contribution in [2.24, 2.45) is 0 Å². The highest BCUT2D eigenvalue weighted by molar-refractivity contribution is 6.04. The monoisotopic (exact) mass is 296 g/mol. The van der Waals surface area contributed by atoms with E-state index in [0.29, 0.717) is 0 Å². The lowest BCUT2D eigenvalue weighted by molar-refractivity contribution is 0.608. The predicted molar refractivity (Wildman–Crippen MR) is 99.2 cm³/mol. The van der Waals surface area contributed by atoms with E-state index < -0.39 is 0 Å². The smallest absolute Gasteiger partial charge is 0.142 e. The van der Waals surface area contributed by atoms with Gasteiger partial charge in [0, 0.05) is 10.8 Å². The molecule has 0 unspecified atom stereocenters. The zero-order chi connectivity index (χ0) is 15.6. The van der Waals surface area contributed by atoms with E-state index in [0.717, 1.165) is 33.2 Å². The minimum Gasteiger partial charge on any atom is -0.456 e. The van der Waals surface area contributed by atoms with Crippen molar-refractivity contribution < 1.29 is 4.42 Å². The first-order valence-corrected chi connectivity index (χ1v) is 7.66. The van der Waals surface area contributed by atoms with Crippen LogP contribution in [0.3, 0.4) is 0 Å². The molecule has 4 aromatic rings. The molecule has 0 N–H and O–H groups in total. The Morgan fingerprint density at radius 1 is 0.739 bits per heavy atom. The van der Waals surface area contributed by atoms with Crippen molar-refractivity contribution in [3.8, 4) is 0 Å². The molecule has 1 heterocycles. The second kappa shape index (κ2) is 5.62. The molecule has 4 rings (SSSR count). The molecular weight excluding hydrogens is 280 g/mol. The van der Waals surface area contributed by atoms with Crippen LogP contribution in [0.2, 0.25) is 0 Å². The van der Waals surface area contributed by atoms with Gasteiger partial charge in [-0.05, 0) is 28.7 Å². The van der Waals surface area contributed by atoms with Gasteiger partial charge in [-0.25, -0.2) is 0 Å². The summed E-state index contributed by atoms with van der Waals surface area (Å²) in [6, 6.07) is 22.8. The van der Waals surface area contributed by atoms with Crippen LogP contribution in [0, 0.1) is 0 Å². The van der Waals surface area contributed by atoms with Crippen LogP contribution >= 0.6 is 0 Å². The summed E-state index contributed by atoms with van der Waals surface area (Å²) in [5, 5.41) is 3.47. The van der Waals surface area contributed by atoms with Gasteiger partial charge < -0.3 is 4.42 Å². The third-order valence-electron chi connectivity index (χ3n) is 4.07. The molecule has 0 aliphatic carbocycles. The van der Waals surface area contributed by atoms with Gasteiger partial charge >= 0.3 is 0 Å². The van der Waals surface area contributed by atoms with E-state index in [1.54, 1.807) is 0 Å². The van der Waals surface area contributed by atoms with E-state index in [9.17, 15) is 0 Å². The molecule has 3 aromatic carbocycles. The Morgan fingerprint density at radius 2 is 1.48 bits per heavy atom. The second-order valence-corrected chi connectivity index (χ2v) is 5.52. The van der Waals surface area contributed by atoms with Gasteiger partial charge in [0.05, 0.1) is 0 Å². The number of furan rings is 1. The Morgan fingerprint density at radius 3 is 2.35 bits per heavy atom. The van der Waals surface area contributed by atoms with Crippen LogP contribution in [0.25, 0.3) is 40.0 Å². The quantitative estimate of drug-likeness (QED) is 0.426. The van der Waals surface area contributed by atoms with Crippen LogP contribution in [-0.4, -0.2) is 0 Å². The van der Waals surface area contributed by atoms with Crippen molar-refractivity contribution in [3.63, 3.8) is 0 Å². The van der Waals surface area contributed by atoms with Gasteiger partial charge in [-0.15, -0.1) is 0 Å². The molecule has 0 aliphatic rings. The maximum absolute atomic E-state index is 6.06. The van der Waals surface area contributed by atoms with Crippen LogP contribution in [0.5, 0.6) is 0 Å². The molecule has 0 radical (unpaired) electrons. The van der Waals surface area contributed by atoms with E-state index in [4.69, 9.17) is 4.42 Å². The van der Waals surface area contributed by atoms with Crippen LogP contribution in [0.15, 0.2) is 77.7 Å². The molecule has 0 saturated heterocycles. The highest BCUT2D eigenvalue weighted by Gasteiger charge is 2.05. The third-order valence-corrected chi connectivity index (χ3v) is 4.07. The summed E-state index contributed by atoms with van der Waals surface area (Å²) in [5.41, 5.74) is 3.19. The molecule has 1 aromatic heterocycles. The second-order valence-electron chi connectivity index (χ2n) is 5.52. The van der Waals surface area contributed by atoms with Crippen molar-refractivity contribution >= 4 is 40.0 Å². The van der Waals surface area contributed by atoms with Gasteiger partial charge in [0.2, 0.25) is 0 Å². The molecule has 0 atom stereocenters. The lowest BCUT2D eigenvalue weighted by atomic mass is 10.1. The maximum Gasteiger partial charge on any atom is 0.142 e. The zero-order valence-electron chi connectivity index (χ0n) is 12.7. The summed E-state index contributed by atoms with van der Waals surface area (Å²) < 4.78 is 6.06. The number of hydrogen-bond acceptors (Lipinski definition) is 1. The van der Waals surface area contributed by atoms with E-state index in [2.05, 4.69) is 55.1 Å². The molecule has 0 spiro atoms. The SMILES string of the molecule is C=Cc1ccccc1/C=C/c1cc2ccc3ccccc3c2o1. The fraction of sp³-hybridized carbons (Fsp3) is 0. The average Bonchev–Trinajstić information content (AvgIpc) is 3.04. The van der Waals surface area contributed by atoms with Crippen LogP contribution in [0.4, 0.5) is 0 Å². The molecule has 0 amide bonds. The Balaban J connectivity index is 1.79. The van der Waals surface area contributed by atoms with Gasteiger partial charge in [-0.3, -0.25) is 0 Å². The van der Waals surface area contributed by atoms with Crippen LogP contribution in [0.1, 0.15) is 16.9 Å². The predicted octanol–water partition coefficient (Wildman–Crippen LogP) is 6.40. The topological polar surface area (TPSA) is 13.1 Å². The first-order chi connectivity index (χ1) is 11.3. The van der Waals surface area contributed by atoms with E-state index in [1.807, 2.05) is 36.4 Å². The number of benzene rings is 3. The molecule has 1 nitrogen and oxygen atoms in total. The fourth-order valence-corrected chi connectivity index (χ4v) is 2.89. The third kappa shape index (κ3) is 2.47. The molecule has 0 bridgehead atoms. The maximum atomic E-state index is 6.06. The molecule has 0 saturated carbocycles. The van der Waals surface area contributed by atoms with E-state index in [-0.39, 0.29) is 0 Å². The number of fused-ring (bicyclic) bond motifs is 3. The molecule has 110 valence electrons. The zero-order valence-corrected chi connectivity index (χ0v) is 12.7. The highest BCUT2D eigenvalue weighted by atomic mass is 16.3. The van der Waals surface area contributed by atoms with E-state index >= 15 is 0 Å². The number of hydrogen-bond donors (Lipinski definition) is 0. The summed E-state index contributed by atoms with van der Waals surface area (Å²) in [7, 11) is 0. The summed E-state index contributed by atoms with van der Waals surface area (Å²) in [6.07, 6.45) is 5.94. The first kappa shape index (κ1) is 13.6. The summed E-state index contributed by atoms with van der Waals surface area (Å²) in [4.78, 5) is 0. The van der Waals surface area contributed by atoms with Crippen LogP contribution < -0.4 is 0 Å². The fourth-order valence-electron chi connectivity index (χ4n) is 2.89. The van der Waals surface area contributed by atoms with Crippen molar-refractivity contribution in [2.75, 3.05) is 0 Å². The number of rotatable bonds is 3. The first-order valence-electron chi connectivity index (χ1n) is 7.66. The molecule has 0 aliphatic heterocycles. The van der Waals surface area contributed by atoms with Gasteiger partial charge in [-0.2, -0.15) is 0 Å².